The number of hydrogen-bond donors (Lipinski definition) is 1. The molecule has 1 aromatic carbocycles. The lowest BCUT2D eigenvalue weighted by molar-refractivity contribution is 0.206. The first-order chi connectivity index (χ1) is 10.7. The summed E-state index contributed by atoms with van der Waals surface area (Å²) in [7, 11) is 0. The summed E-state index contributed by atoms with van der Waals surface area (Å²) in [6, 6.07) is 13.2. The van der Waals surface area contributed by atoms with Gasteiger partial charge in [-0.15, -0.1) is 0 Å². The van der Waals surface area contributed by atoms with Crippen molar-refractivity contribution < 1.29 is 4.39 Å². The highest BCUT2D eigenvalue weighted by Crippen LogP contribution is 2.18. The van der Waals surface area contributed by atoms with E-state index in [0.29, 0.717) is 6.04 Å². The van der Waals surface area contributed by atoms with Gasteiger partial charge < -0.3 is 5.32 Å². The van der Waals surface area contributed by atoms with E-state index in [1.54, 1.807) is 12.1 Å². The molecule has 1 atom stereocenters. The van der Waals surface area contributed by atoms with Crippen LogP contribution in [0.1, 0.15) is 24.2 Å². The van der Waals surface area contributed by atoms with E-state index in [9.17, 15) is 4.39 Å². The molecule has 1 saturated heterocycles. The predicted molar refractivity (Wildman–Crippen MR) is 87.3 cm³/mol. The maximum Gasteiger partial charge on any atom is 0.123 e. The fourth-order valence-electron chi connectivity index (χ4n) is 3.02. The number of nitrogens with one attached hydrogen (secondary N) is 1. The Kier molecular flexibility index (Phi) is 4.68. The van der Waals surface area contributed by atoms with E-state index < -0.39 is 0 Å². The molecule has 22 heavy (non-hydrogen) atoms. The molecule has 0 radical (unpaired) electrons. The maximum absolute atomic E-state index is 13.0. The minimum Gasteiger partial charge on any atom is -0.381 e. The summed E-state index contributed by atoms with van der Waals surface area (Å²) < 4.78 is 13.0. The van der Waals surface area contributed by atoms with Crippen LogP contribution >= 0.6 is 0 Å². The molecule has 3 nitrogen and oxygen atoms in total. The lowest BCUT2D eigenvalue weighted by Crippen LogP contribution is -2.41. The van der Waals surface area contributed by atoms with Crippen molar-refractivity contribution >= 4 is 5.69 Å². The lowest BCUT2D eigenvalue weighted by atomic mass is 10.0. The number of aryl methyl sites for hydroxylation is 1. The fourth-order valence-corrected chi connectivity index (χ4v) is 3.02. The molecule has 0 amide bonds. The summed E-state index contributed by atoms with van der Waals surface area (Å²) >= 11 is 0. The highest BCUT2D eigenvalue weighted by molar-refractivity contribution is 5.43. The molecule has 0 spiro atoms. The number of nitrogens with zero attached hydrogens (tertiary/aromatic N) is 2. The summed E-state index contributed by atoms with van der Waals surface area (Å²) in [6.07, 6.45) is 2.32. The molecule has 4 heteroatoms. The average molecular weight is 299 g/mol. The van der Waals surface area contributed by atoms with Crippen molar-refractivity contribution in [2.24, 2.45) is 0 Å². The van der Waals surface area contributed by atoms with Gasteiger partial charge in [-0.25, -0.2) is 4.39 Å². The molecule has 1 aliphatic heterocycles. The minimum atomic E-state index is -0.193. The van der Waals surface area contributed by atoms with Gasteiger partial charge in [-0.05, 0) is 62.7 Å². The number of piperidine rings is 1. The first-order valence-electron chi connectivity index (χ1n) is 7.86. The molecule has 1 unspecified atom stereocenters. The zero-order valence-corrected chi connectivity index (χ0v) is 12.9. The Labute approximate surface area is 131 Å². The largest absolute Gasteiger partial charge is 0.381 e. The maximum atomic E-state index is 13.0. The van der Waals surface area contributed by atoms with Crippen LogP contribution in [-0.2, 0) is 6.54 Å². The first kappa shape index (κ1) is 15.0. The van der Waals surface area contributed by atoms with Crippen molar-refractivity contribution in [3.8, 4) is 0 Å². The molecule has 1 aromatic heterocycles. The van der Waals surface area contributed by atoms with Crippen molar-refractivity contribution in [2.45, 2.75) is 32.4 Å². The summed E-state index contributed by atoms with van der Waals surface area (Å²) in [5, 5.41) is 3.51. The number of pyridine rings is 1. The molecule has 3 rings (SSSR count). The summed E-state index contributed by atoms with van der Waals surface area (Å²) in [4.78, 5) is 7.02. The summed E-state index contributed by atoms with van der Waals surface area (Å²) in [5.41, 5.74) is 3.18. The van der Waals surface area contributed by atoms with Crippen LogP contribution in [0.2, 0.25) is 0 Å². The van der Waals surface area contributed by atoms with Gasteiger partial charge in [0.15, 0.2) is 0 Å². The van der Waals surface area contributed by atoms with Crippen molar-refractivity contribution in [2.75, 3.05) is 18.4 Å². The summed E-state index contributed by atoms with van der Waals surface area (Å²) in [5.74, 6) is -0.193. The molecule has 0 aliphatic carbocycles. The van der Waals surface area contributed by atoms with E-state index in [1.165, 1.54) is 18.6 Å². The molecule has 0 saturated carbocycles. The van der Waals surface area contributed by atoms with Gasteiger partial charge in [0.05, 0.1) is 5.69 Å². The van der Waals surface area contributed by atoms with Gasteiger partial charge in [-0.2, -0.15) is 0 Å². The van der Waals surface area contributed by atoms with Gasteiger partial charge in [0.25, 0.3) is 0 Å². The number of hydrogen-bond acceptors (Lipinski definition) is 3. The van der Waals surface area contributed by atoms with Gasteiger partial charge in [0.1, 0.15) is 5.82 Å². The molecule has 2 heterocycles. The Bertz CT molecular complexity index is 612. The fraction of sp³-hybridized carbons (Fsp3) is 0.389. The van der Waals surface area contributed by atoms with Crippen LogP contribution in [0, 0.1) is 12.7 Å². The smallest absolute Gasteiger partial charge is 0.123 e. The SMILES string of the molecule is Cc1cccc(CN2CCCC(Nc3ccc(F)cc3)C2)n1. The average Bonchev–Trinajstić information content (AvgIpc) is 2.50. The van der Waals surface area contributed by atoms with Crippen molar-refractivity contribution in [3.05, 3.63) is 59.7 Å². The van der Waals surface area contributed by atoms with Gasteiger partial charge in [0.2, 0.25) is 0 Å². The van der Waals surface area contributed by atoms with E-state index in [1.807, 2.05) is 13.0 Å². The van der Waals surface area contributed by atoms with Crippen molar-refractivity contribution in [1.82, 2.24) is 9.88 Å². The zero-order valence-electron chi connectivity index (χ0n) is 12.9. The molecule has 1 N–H and O–H groups in total. The van der Waals surface area contributed by atoms with Crippen LogP contribution in [0.5, 0.6) is 0 Å². The second kappa shape index (κ2) is 6.88. The van der Waals surface area contributed by atoms with Gasteiger partial charge in [-0.1, -0.05) is 6.07 Å². The Morgan fingerprint density at radius 3 is 2.82 bits per heavy atom. The number of halogens is 1. The number of aromatic nitrogens is 1. The third kappa shape index (κ3) is 4.04. The summed E-state index contributed by atoms with van der Waals surface area (Å²) in [6.45, 7) is 5.02. The Morgan fingerprint density at radius 1 is 1.23 bits per heavy atom. The highest BCUT2D eigenvalue weighted by atomic mass is 19.1. The van der Waals surface area contributed by atoms with Crippen LogP contribution in [0.25, 0.3) is 0 Å². The van der Waals surface area contributed by atoms with Crippen molar-refractivity contribution in [1.29, 1.82) is 0 Å². The molecular formula is C18H22FN3. The quantitative estimate of drug-likeness (QED) is 0.935. The second-order valence-corrected chi connectivity index (χ2v) is 6.00. The van der Waals surface area contributed by atoms with E-state index in [2.05, 4.69) is 27.3 Å². The van der Waals surface area contributed by atoms with E-state index >= 15 is 0 Å². The molecule has 116 valence electrons. The number of benzene rings is 1. The lowest BCUT2D eigenvalue weighted by Gasteiger charge is -2.33. The zero-order chi connectivity index (χ0) is 15.4. The third-order valence-corrected chi connectivity index (χ3v) is 4.05. The Morgan fingerprint density at radius 2 is 2.05 bits per heavy atom. The molecule has 0 bridgehead atoms. The molecule has 2 aromatic rings. The van der Waals surface area contributed by atoms with Crippen LogP contribution < -0.4 is 5.32 Å². The Hall–Kier alpha value is -1.94. The van der Waals surface area contributed by atoms with E-state index in [0.717, 1.165) is 43.1 Å². The third-order valence-electron chi connectivity index (χ3n) is 4.05. The predicted octanol–water partition coefficient (Wildman–Crippen LogP) is 3.61. The van der Waals surface area contributed by atoms with Crippen LogP contribution in [-0.4, -0.2) is 29.0 Å². The second-order valence-electron chi connectivity index (χ2n) is 6.00. The van der Waals surface area contributed by atoms with Crippen LogP contribution in [0.4, 0.5) is 10.1 Å². The van der Waals surface area contributed by atoms with Crippen LogP contribution in [0.15, 0.2) is 42.5 Å². The molecule has 1 aliphatic rings. The normalized spacial score (nSPS) is 19.1. The number of rotatable bonds is 4. The topological polar surface area (TPSA) is 28.2 Å². The van der Waals surface area contributed by atoms with Gasteiger partial charge in [0, 0.05) is 30.5 Å². The van der Waals surface area contributed by atoms with Gasteiger partial charge in [-0.3, -0.25) is 9.88 Å². The number of anilines is 1. The van der Waals surface area contributed by atoms with Crippen molar-refractivity contribution in [3.63, 3.8) is 0 Å². The van der Waals surface area contributed by atoms with Gasteiger partial charge >= 0.3 is 0 Å². The minimum absolute atomic E-state index is 0.193. The first-order valence-corrected chi connectivity index (χ1v) is 7.86. The molecule has 1 fully saturated rings. The van der Waals surface area contributed by atoms with E-state index in [4.69, 9.17) is 0 Å². The van der Waals surface area contributed by atoms with E-state index in [-0.39, 0.29) is 5.82 Å². The Balaban J connectivity index is 1.58. The molecular weight excluding hydrogens is 277 g/mol. The highest BCUT2D eigenvalue weighted by Gasteiger charge is 2.20. The standard InChI is InChI=1S/C18H22FN3/c1-14-4-2-5-17(20-14)12-22-11-3-6-18(13-22)21-16-9-7-15(19)8-10-16/h2,4-5,7-10,18,21H,3,6,11-13H2,1H3. The van der Waals surface area contributed by atoms with Crippen LogP contribution in [0.3, 0.4) is 0 Å². The monoisotopic (exact) mass is 299 g/mol. The number of likely N-dealkylation sites (tertiary alicyclic amines) is 1.